The van der Waals surface area contributed by atoms with Crippen molar-refractivity contribution in [3.8, 4) is 11.8 Å². The molecule has 0 aliphatic rings. The molecule has 0 unspecified atom stereocenters. The molecule has 4 aromatic rings. The van der Waals surface area contributed by atoms with Crippen LogP contribution in [0, 0.1) is 24.1 Å². The topological polar surface area (TPSA) is 110 Å². The highest BCUT2D eigenvalue weighted by Gasteiger charge is 2.18. The number of benzene rings is 2. The van der Waals surface area contributed by atoms with Crippen LogP contribution in [-0.2, 0) is 12.8 Å². The number of hydrogen-bond donors (Lipinski definition) is 2. The summed E-state index contributed by atoms with van der Waals surface area (Å²) in [4.78, 5) is 17.8. The number of nitrogens with zero attached hydrogens (tertiary/aromatic N) is 4. The van der Waals surface area contributed by atoms with Gasteiger partial charge in [0.05, 0.1) is 22.1 Å². The number of aryl methyl sites for hydroxylation is 2. The Morgan fingerprint density at radius 3 is 2.65 bits per heavy atom. The normalized spacial score (nSPS) is 10.7. The molecular weight excluding hydrogens is 451 g/mol. The lowest BCUT2D eigenvalue weighted by molar-refractivity contribution is 0.0956. The molecule has 0 radical (unpaired) electrons. The van der Waals surface area contributed by atoms with E-state index in [4.69, 9.17) is 5.73 Å². The van der Waals surface area contributed by atoms with Crippen molar-refractivity contribution in [2.45, 2.75) is 26.2 Å². The van der Waals surface area contributed by atoms with Crippen molar-refractivity contribution in [3.05, 3.63) is 92.8 Å². The Bertz CT molecular complexity index is 1340. The predicted octanol–water partition coefficient (Wildman–Crippen LogP) is 4.18. The van der Waals surface area contributed by atoms with Gasteiger partial charge in [-0.25, -0.2) is 14.1 Å². The zero-order chi connectivity index (χ0) is 24.1. The SMILES string of the molecule is Cc1nc(Cc2ccccc2)sc1C(=O)NCCCc1nn(-c2ccc(F)cc2)c(N)c1C#N. The summed E-state index contributed by atoms with van der Waals surface area (Å²) >= 11 is 1.40. The number of halogens is 1. The highest BCUT2D eigenvalue weighted by atomic mass is 32.1. The molecule has 4 rings (SSSR count). The average molecular weight is 475 g/mol. The summed E-state index contributed by atoms with van der Waals surface area (Å²) in [6.45, 7) is 2.25. The fourth-order valence-corrected chi connectivity index (χ4v) is 4.62. The van der Waals surface area contributed by atoms with Crippen LogP contribution in [0.5, 0.6) is 0 Å². The third-order valence-electron chi connectivity index (χ3n) is 5.30. The maximum Gasteiger partial charge on any atom is 0.263 e. The number of anilines is 1. The van der Waals surface area contributed by atoms with Crippen LogP contribution in [0.15, 0.2) is 54.6 Å². The summed E-state index contributed by atoms with van der Waals surface area (Å²) in [5, 5.41) is 17.8. The second-order valence-corrected chi connectivity index (χ2v) is 8.83. The Labute approximate surface area is 200 Å². The van der Waals surface area contributed by atoms with Crippen molar-refractivity contribution >= 4 is 23.1 Å². The maximum absolute atomic E-state index is 13.2. The van der Waals surface area contributed by atoms with Gasteiger partial charge in [-0.15, -0.1) is 11.3 Å². The molecule has 2 aromatic carbocycles. The van der Waals surface area contributed by atoms with Gasteiger partial charge in [-0.05, 0) is 49.6 Å². The van der Waals surface area contributed by atoms with Gasteiger partial charge in [0.25, 0.3) is 5.91 Å². The number of thiazole rings is 1. The Morgan fingerprint density at radius 2 is 1.94 bits per heavy atom. The minimum absolute atomic E-state index is 0.161. The minimum Gasteiger partial charge on any atom is -0.382 e. The lowest BCUT2D eigenvalue weighted by Gasteiger charge is -2.04. The fourth-order valence-electron chi connectivity index (χ4n) is 3.60. The Balaban J connectivity index is 1.36. The van der Waals surface area contributed by atoms with Crippen LogP contribution in [0.25, 0.3) is 5.69 Å². The fraction of sp³-hybridized carbons (Fsp3) is 0.200. The number of rotatable bonds is 8. The number of carbonyl (C=O) groups excluding carboxylic acids is 1. The molecule has 0 bridgehead atoms. The van der Waals surface area contributed by atoms with Gasteiger partial charge < -0.3 is 11.1 Å². The highest BCUT2D eigenvalue weighted by molar-refractivity contribution is 7.13. The van der Waals surface area contributed by atoms with Crippen molar-refractivity contribution < 1.29 is 9.18 Å². The average Bonchev–Trinajstić information content (AvgIpc) is 3.36. The molecule has 1 amide bonds. The number of nitrogens with two attached hydrogens (primary N) is 1. The maximum atomic E-state index is 13.2. The molecule has 2 aromatic heterocycles. The first-order valence-corrected chi connectivity index (χ1v) is 11.6. The van der Waals surface area contributed by atoms with Crippen LogP contribution in [0.1, 0.15) is 43.6 Å². The van der Waals surface area contributed by atoms with E-state index in [-0.39, 0.29) is 17.5 Å². The molecule has 0 aliphatic carbocycles. The summed E-state index contributed by atoms with van der Waals surface area (Å²) in [6.07, 6.45) is 1.73. The van der Waals surface area contributed by atoms with Crippen molar-refractivity contribution in [1.82, 2.24) is 20.1 Å². The second kappa shape index (κ2) is 10.3. The first-order valence-electron chi connectivity index (χ1n) is 10.8. The summed E-state index contributed by atoms with van der Waals surface area (Å²) in [7, 11) is 0. The predicted molar refractivity (Wildman–Crippen MR) is 129 cm³/mol. The zero-order valence-corrected chi connectivity index (χ0v) is 19.4. The van der Waals surface area contributed by atoms with E-state index >= 15 is 0 Å². The number of nitrogen functional groups attached to an aromatic ring is 1. The number of nitriles is 1. The van der Waals surface area contributed by atoms with Crippen LogP contribution < -0.4 is 11.1 Å². The van der Waals surface area contributed by atoms with E-state index in [1.54, 1.807) is 12.1 Å². The van der Waals surface area contributed by atoms with E-state index < -0.39 is 0 Å². The molecule has 0 fully saturated rings. The highest BCUT2D eigenvalue weighted by Crippen LogP contribution is 2.23. The van der Waals surface area contributed by atoms with Gasteiger partial charge in [0.2, 0.25) is 0 Å². The number of nitrogens with one attached hydrogen (secondary N) is 1. The molecule has 7 nitrogen and oxygen atoms in total. The van der Waals surface area contributed by atoms with Crippen LogP contribution >= 0.6 is 11.3 Å². The van der Waals surface area contributed by atoms with Crippen molar-refractivity contribution in [2.24, 2.45) is 0 Å². The van der Waals surface area contributed by atoms with Gasteiger partial charge in [0, 0.05) is 13.0 Å². The first kappa shape index (κ1) is 23.1. The molecule has 172 valence electrons. The molecule has 0 saturated carbocycles. The summed E-state index contributed by atoms with van der Waals surface area (Å²) in [6, 6.07) is 17.8. The van der Waals surface area contributed by atoms with Crippen LogP contribution in [-0.4, -0.2) is 27.2 Å². The Kier molecular flexibility index (Phi) is 6.99. The van der Waals surface area contributed by atoms with Gasteiger partial charge in [0.1, 0.15) is 28.1 Å². The standard InChI is InChI=1S/C25H23FN6OS/c1-16-23(34-22(30-16)14-17-6-3-2-4-7-17)25(33)29-13-5-8-21-20(15-27)24(28)32(31-21)19-11-9-18(26)10-12-19/h2-4,6-7,9-12H,5,8,13-14,28H2,1H3,(H,29,33). The van der Waals surface area contributed by atoms with E-state index in [0.717, 1.165) is 10.6 Å². The van der Waals surface area contributed by atoms with Crippen molar-refractivity contribution in [1.29, 1.82) is 5.26 Å². The lowest BCUT2D eigenvalue weighted by Crippen LogP contribution is -2.24. The minimum atomic E-state index is -0.366. The number of hydrogen-bond acceptors (Lipinski definition) is 6. The van der Waals surface area contributed by atoms with E-state index in [1.807, 2.05) is 37.3 Å². The molecule has 0 spiro atoms. The first-order chi connectivity index (χ1) is 16.5. The smallest absolute Gasteiger partial charge is 0.263 e. The van der Waals surface area contributed by atoms with Gasteiger partial charge in [-0.2, -0.15) is 10.4 Å². The monoisotopic (exact) mass is 474 g/mol. The summed E-state index contributed by atoms with van der Waals surface area (Å²) in [5.74, 6) is -0.320. The van der Waals surface area contributed by atoms with Gasteiger partial charge in [-0.1, -0.05) is 30.3 Å². The Hall–Kier alpha value is -4.03. The molecular formula is C25H23FN6OS. The van der Waals surface area contributed by atoms with E-state index in [2.05, 4.69) is 21.5 Å². The third kappa shape index (κ3) is 5.13. The third-order valence-corrected chi connectivity index (χ3v) is 6.45. The summed E-state index contributed by atoms with van der Waals surface area (Å²) in [5.41, 5.74) is 9.36. The largest absolute Gasteiger partial charge is 0.382 e. The molecule has 34 heavy (non-hydrogen) atoms. The van der Waals surface area contributed by atoms with Crippen molar-refractivity contribution in [3.63, 3.8) is 0 Å². The van der Waals surface area contributed by atoms with E-state index in [1.165, 1.54) is 28.2 Å². The second-order valence-electron chi connectivity index (χ2n) is 7.75. The summed E-state index contributed by atoms with van der Waals surface area (Å²) < 4.78 is 14.7. The number of aromatic nitrogens is 3. The van der Waals surface area contributed by atoms with Crippen molar-refractivity contribution in [2.75, 3.05) is 12.3 Å². The quantitative estimate of drug-likeness (QED) is 0.372. The number of amides is 1. The van der Waals surface area contributed by atoms with E-state index in [0.29, 0.717) is 53.3 Å². The molecule has 0 saturated heterocycles. The molecule has 3 N–H and O–H groups in total. The van der Waals surface area contributed by atoms with Gasteiger partial charge >= 0.3 is 0 Å². The molecule has 0 atom stereocenters. The van der Waals surface area contributed by atoms with Crippen LogP contribution in [0.4, 0.5) is 10.2 Å². The lowest BCUT2D eigenvalue weighted by atomic mass is 10.1. The Morgan fingerprint density at radius 1 is 1.21 bits per heavy atom. The molecule has 9 heteroatoms. The number of carbonyl (C=O) groups is 1. The van der Waals surface area contributed by atoms with Gasteiger partial charge in [0.15, 0.2) is 0 Å². The van der Waals surface area contributed by atoms with Crippen LogP contribution in [0.2, 0.25) is 0 Å². The van der Waals surface area contributed by atoms with E-state index in [9.17, 15) is 14.4 Å². The van der Waals surface area contributed by atoms with Crippen LogP contribution in [0.3, 0.4) is 0 Å². The molecule has 0 aliphatic heterocycles. The van der Waals surface area contributed by atoms with Gasteiger partial charge in [-0.3, -0.25) is 4.79 Å². The molecule has 2 heterocycles. The zero-order valence-electron chi connectivity index (χ0n) is 18.6.